The van der Waals surface area contributed by atoms with Crippen LogP contribution in [-0.2, 0) is 6.61 Å². The van der Waals surface area contributed by atoms with E-state index in [0.717, 1.165) is 12.2 Å². The maximum absolute atomic E-state index is 8.97. The SMILES string of the molecule is CCN(c1ccc(C)cc1)c1nc(CO)co1. The molecule has 2 aromatic rings. The topological polar surface area (TPSA) is 49.5 Å². The van der Waals surface area contributed by atoms with Gasteiger partial charge >= 0.3 is 6.01 Å². The van der Waals surface area contributed by atoms with E-state index in [1.165, 1.54) is 11.8 Å². The lowest BCUT2D eigenvalue weighted by molar-refractivity contribution is 0.276. The maximum Gasteiger partial charge on any atom is 0.302 e. The van der Waals surface area contributed by atoms with Crippen molar-refractivity contribution >= 4 is 11.7 Å². The van der Waals surface area contributed by atoms with Crippen LogP contribution in [0.4, 0.5) is 11.7 Å². The summed E-state index contributed by atoms with van der Waals surface area (Å²) in [5.41, 5.74) is 2.79. The minimum Gasteiger partial charge on any atom is -0.431 e. The summed E-state index contributed by atoms with van der Waals surface area (Å²) in [5.74, 6) is 0. The molecule has 4 nitrogen and oxygen atoms in total. The highest BCUT2D eigenvalue weighted by molar-refractivity contribution is 5.56. The first kappa shape index (κ1) is 11.7. The highest BCUT2D eigenvalue weighted by atomic mass is 16.4. The van der Waals surface area contributed by atoms with Gasteiger partial charge in [0.15, 0.2) is 0 Å². The van der Waals surface area contributed by atoms with E-state index in [2.05, 4.69) is 11.9 Å². The van der Waals surface area contributed by atoms with Gasteiger partial charge in [-0.25, -0.2) is 0 Å². The molecule has 0 aliphatic heterocycles. The van der Waals surface area contributed by atoms with Crippen LogP contribution in [0.25, 0.3) is 0 Å². The average Bonchev–Trinajstić information content (AvgIpc) is 2.81. The molecule has 0 saturated heterocycles. The predicted molar refractivity (Wildman–Crippen MR) is 66.3 cm³/mol. The van der Waals surface area contributed by atoms with Crippen LogP contribution in [0.15, 0.2) is 34.9 Å². The second kappa shape index (κ2) is 5.01. The Morgan fingerprint density at radius 2 is 2.00 bits per heavy atom. The summed E-state index contributed by atoms with van der Waals surface area (Å²) in [7, 11) is 0. The molecule has 1 aromatic carbocycles. The number of hydrogen-bond donors (Lipinski definition) is 1. The van der Waals surface area contributed by atoms with Crippen LogP contribution in [0.5, 0.6) is 0 Å². The minimum atomic E-state index is -0.102. The van der Waals surface area contributed by atoms with Crippen LogP contribution in [0.2, 0.25) is 0 Å². The lowest BCUT2D eigenvalue weighted by Crippen LogP contribution is -2.16. The Labute approximate surface area is 101 Å². The van der Waals surface area contributed by atoms with E-state index in [0.29, 0.717) is 11.7 Å². The molecule has 1 heterocycles. The Morgan fingerprint density at radius 1 is 1.29 bits per heavy atom. The Hall–Kier alpha value is -1.81. The summed E-state index contributed by atoms with van der Waals surface area (Å²) >= 11 is 0. The van der Waals surface area contributed by atoms with Crippen molar-refractivity contribution < 1.29 is 9.52 Å². The van der Waals surface area contributed by atoms with Gasteiger partial charge in [-0.1, -0.05) is 17.7 Å². The van der Waals surface area contributed by atoms with Crippen molar-refractivity contribution in [2.24, 2.45) is 0 Å². The molecule has 0 saturated carbocycles. The number of hydrogen-bond acceptors (Lipinski definition) is 4. The lowest BCUT2D eigenvalue weighted by atomic mass is 10.2. The van der Waals surface area contributed by atoms with Crippen molar-refractivity contribution in [1.29, 1.82) is 0 Å². The Morgan fingerprint density at radius 3 is 2.53 bits per heavy atom. The second-order valence-corrected chi connectivity index (χ2v) is 3.86. The van der Waals surface area contributed by atoms with Gasteiger partial charge in [-0.3, -0.25) is 4.90 Å². The fraction of sp³-hybridized carbons (Fsp3) is 0.308. The molecule has 90 valence electrons. The Balaban J connectivity index is 2.29. The van der Waals surface area contributed by atoms with E-state index in [4.69, 9.17) is 9.52 Å². The summed E-state index contributed by atoms with van der Waals surface area (Å²) in [6.45, 7) is 4.74. The van der Waals surface area contributed by atoms with Gasteiger partial charge in [0, 0.05) is 12.2 Å². The molecular formula is C13H16N2O2. The number of benzene rings is 1. The fourth-order valence-corrected chi connectivity index (χ4v) is 1.65. The molecule has 0 aliphatic carbocycles. The van der Waals surface area contributed by atoms with E-state index in [-0.39, 0.29) is 6.61 Å². The molecule has 0 radical (unpaired) electrons. The highest BCUT2D eigenvalue weighted by Crippen LogP contribution is 2.24. The first-order chi connectivity index (χ1) is 8.24. The zero-order chi connectivity index (χ0) is 12.3. The van der Waals surface area contributed by atoms with Crippen LogP contribution >= 0.6 is 0 Å². The molecule has 0 fully saturated rings. The van der Waals surface area contributed by atoms with Crippen molar-refractivity contribution in [1.82, 2.24) is 4.98 Å². The van der Waals surface area contributed by atoms with Crippen LogP contribution in [-0.4, -0.2) is 16.6 Å². The van der Waals surface area contributed by atoms with Crippen LogP contribution in [0.3, 0.4) is 0 Å². The van der Waals surface area contributed by atoms with E-state index in [1.54, 1.807) is 0 Å². The molecule has 17 heavy (non-hydrogen) atoms. The van der Waals surface area contributed by atoms with E-state index >= 15 is 0 Å². The lowest BCUT2D eigenvalue weighted by Gasteiger charge is -2.18. The molecule has 1 N–H and O–H groups in total. The molecule has 2 rings (SSSR count). The van der Waals surface area contributed by atoms with Crippen molar-refractivity contribution in [2.75, 3.05) is 11.4 Å². The quantitative estimate of drug-likeness (QED) is 0.880. The number of aliphatic hydroxyl groups is 1. The third kappa shape index (κ3) is 2.47. The summed E-state index contributed by atoms with van der Waals surface area (Å²) in [6.07, 6.45) is 1.48. The van der Waals surface area contributed by atoms with Crippen molar-refractivity contribution in [3.05, 3.63) is 41.8 Å². The number of rotatable bonds is 4. The molecule has 0 atom stereocenters. The average molecular weight is 232 g/mol. The van der Waals surface area contributed by atoms with Crippen molar-refractivity contribution in [3.8, 4) is 0 Å². The van der Waals surface area contributed by atoms with E-state index < -0.39 is 0 Å². The molecule has 0 unspecified atom stereocenters. The Bertz CT molecular complexity index is 476. The fourth-order valence-electron chi connectivity index (χ4n) is 1.65. The first-order valence-corrected chi connectivity index (χ1v) is 5.64. The predicted octanol–water partition coefficient (Wildman–Crippen LogP) is 2.63. The number of aryl methyl sites for hydroxylation is 1. The van der Waals surface area contributed by atoms with Gasteiger partial charge in [0.1, 0.15) is 12.0 Å². The molecule has 0 amide bonds. The van der Waals surface area contributed by atoms with Crippen LogP contribution in [0.1, 0.15) is 18.2 Å². The molecule has 0 aliphatic rings. The summed E-state index contributed by atoms with van der Waals surface area (Å²) in [6, 6.07) is 8.67. The Kier molecular flexibility index (Phi) is 3.44. The zero-order valence-corrected chi connectivity index (χ0v) is 10.1. The van der Waals surface area contributed by atoms with Crippen molar-refractivity contribution in [2.45, 2.75) is 20.5 Å². The van der Waals surface area contributed by atoms with Crippen LogP contribution in [0, 0.1) is 6.92 Å². The third-order valence-corrected chi connectivity index (χ3v) is 2.59. The highest BCUT2D eigenvalue weighted by Gasteiger charge is 2.12. The smallest absolute Gasteiger partial charge is 0.302 e. The first-order valence-electron chi connectivity index (χ1n) is 5.64. The van der Waals surface area contributed by atoms with E-state index in [9.17, 15) is 0 Å². The number of oxazole rings is 1. The summed E-state index contributed by atoms with van der Waals surface area (Å²) in [5, 5.41) is 8.97. The number of anilines is 2. The van der Waals surface area contributed by atoms with Crippen LogP contribution < -0.4 is 4.90 Å². The van der Waals surface area contributed by atoms with Gasteiger partial charge < -0.3 is 9.52 Å². The number of nitrogens with zero attached hydrogens (tertiary/aromatic N) is 2. The summed E-state index contributed by atoms with van der Waals surface area (Å²) in [4.78, 5) is 6.16. The van der Waals surface area contributed by atoms with Crippen molar-refractivity contribution in [3.63, 3.8) is 0 Å². The number of aromatic nitrogens is 1. The monoisotopic (exact) mass is 232 g/mol. The normalized spacial score (nSPS) is 10.5. The van der Waals surface area contributed by atoms with Gasteiger partial charge in [-0.2, -0.15) is 4.98 Å². The standard InChI is InChI=1S/C13H16N2O2/c1-3-15(12-6-4-10(2)5-7-12)13-14-11(8-16)9-17-13/h4-7,9,16H,3,8H2,1-2H3. The van der Waals surface area contributed by atoms with Gasteiger partial charge in [0.05, 0.1) is 6.61 Å². The number of aliphatic hydroxyl groups excluding tert-OH is 1. The molecule has 0 bridgehead atoms. The second-order valence-electron chi connectivity index (χ2n) is 3.86. The third-order valence-electron chi connectivity index (χ3n) is 2.59. The maximum atomic E-state index is 8.97. The van der Waals surface area contributed by atoms with Gasteiger partial charge in [0.25, 0.3) is 0 Å². The summed E-state index contributed by atoms with van der Waals surface area (Å²) < 4.78 is 5.35. The van der Waals surface area contributed by atoms with E-state index in [1.807, 2.05) is 36.1 Å². The minimum absolute atomic E-state index is 0.102. The molecule has 4 heteroatoms. The zero-order valence-electron chi connectivity index (χ0n) is 10.1. The van der Waals surface area contributed by atoms with Gasteiger partial charge in [-0.05, 0) is 26.0 Å². The van der Waals surface area contributed by atoms with Gasteiger partial charge in [0.2, 0.25) is 0 Å². The molecule has 0 spiro atoms. The molecule has 1 aromatic heterocycles. The largest absolute Gasteiger partial charge is 0.431 e. The van der Waals surface area contributed by atoms with Gasteiger partial charge in [-0.15, -0.1) is 0 Å². The molecular weight excluding hydrogens is 216 g/mol.